The van der Waals surface area contributed by atoms with E-state index in [1.54, 1.807) is 13.3 Å². The highest BCUT2D eigenvalue weighted by Gasteiger charge is 2.12. The Bertz CT molecular complexity index is 821. The molecule has 0 aliphatic rings. The summed E-state index contributed by atoms with van der Waals surface area (Å²) in [5.41, 5.74) is 3.83. The number of hydrogen-bond acceptors (Lipinski definition) is 2. The van der Waals surface area contributed by atoms with Gasteiger partial charge < -0.3 is 15.0 Å². The lowest BCUT2D eigenvalue weighted by molar-refractivity contribution is 0.0952. The van der Waals surface area contributed by atoms with Gasteiger partial charge in [0.25, 0.3) is 5.91 Å². The molecule has 0 radical (unpaired) electrons. The molecule has 0 spiro atoms. The van der Waals surface area contributed by atoms with Crippen molar-refractivity contribution in [1.29, 1.82) is 0 Å². The fourth-order valence-corrected chi connectivity index (χ4v) is 2.50. The van der Waals surface area contributed by atoms with Gasteiger partial charge in [-0.3, -0.25) is 4.79 Å². The van der Waals surface area contributed by atoms with Crippen molar-refractivity contribution in [2.75, 3.05) is 7.11 Å². The van der Waals surface area contributed by atoms with Gasteiger partial charge in [0, 0.05) is 29.7 Å². The standard InChI is InChI=1S/C18H18N2O2/c1-12-5-3-4-6-13(12)10-20-18(21)16-11-19-17-9-14(22-2)7-8-15(16)17/h3-9,11,19H,10H2,1-2H3,(H,20,21). The van der Waals surface area contributed by atoms with E-state index in [0.29, 0.717) is 12.1 Å². The summed E-state index contributed by atoms with van der Waals surface area (Å²) in [6, 6.07) is 13.7. The maximum atomic E-state index is 12.4. The van der Waals surface area contributed by atoms with Crippen LogP contribution in [0.2, 0.25) is 0 Å². The molecule has 2 N–H and O–H groups in total. The van der Waals surface area contributed by atoms with Crippen molar-refractivity contribution in [3.05, 3.63) is 65.4 Å². The van der Waals surface area contributed by atoms with Gasteiger partial charge in [0.15, 0.2) is 0 Å². The third-order valence-corrected chi connectivity index (χ3v) is 3.83. The predicted octanol–water partition coefficient (Wildman–Crippen LogP) is 3.41. The van der Waals surface area contributed by atoms with Crippen LogP contribution in [-0.2, 0) is 6.54 Å². The number of benzene rings is 2. The van der Waals surface area contributed by atoms with Crippen LogP contribution in [0.5, 0.6) is 5.75 Å². The molecule has 3 rings (SSSR count). The Hall–Kier alpha value is -2.75. The molecule has 0 atom stereocenters. The SMILES string of the molecule is COc1ccc2c(C(=O)NCc3ccccc3C)c[nH]c2c1. The number of H-pyrrole nitrogens is 1. The fourth-order valence-electron chi connectivity index (χ4n) is 2.50. The predicted molar refractivity (Wildman–Crippen MR) is 87.2 cm³/mol. The van der Waals surface area contributed by atoms with Gasteiger partial charge in [-0.05, 0) is 30.2 Å². The Kier molecular flexibility index (Phi) is 3.83. The van der Waals surface area contributed by atoms with Gasteiger partial charge in [-0.25, -0.2) is 0 Å². The molecular formula is C18H18N2O2. The van der Waals surface area contributed by atoms with E-state index >= 15 is 0 Å². The molecule has 0 aliphatic carbocycles. The van der Waals surface area contributed by atoms with Gasteiger partial charge in [-0.2, -0.15) is 0 Å². The van der Waals surface area contributed by atoms with E-state index in [1.165, 1.54) is 5.56 Å². The summed E-state index contributed by atoms with van der Waals surface area (Å²) < 4.78 is 5.19. The maximum absolute atomic E-state index is 12.4. The zero-order chi connectivity index (χ0) is 15.5. The average molecular weight is 294 g/mol. The first-order valence-electron chi connectivity index (χ1n) is 7.17. The van der Waals surface area contributed by atoms with E-state index in [1.807, 2.05) is 49.4 Å². The van der Waals surface area contributed by atoms with Crippen molar-refractivity contribution in [3.63, 3.8) is 0 Å². The molecular weight excluding hydrogens is 276 g/mol. The Labute approximate surface area is 129 Å². The molecule has 22 heavy (non-hydrogen) atoms. The van der Waals surface area contributed by atoms with Crippen LogP contribution in [0.1, 0.15) is 21.5 Å². The van der Waals surface area contributed by atoms with Gasteiger partial charge in [-0.15, -0.1) is 0 Å². The van der Waals surface area contributed by atoms with Gasteiger partial charge in [0.1, 0.15) is 5.75 Å². The first-order chi connectivity index (χ1) is 10.7. The van der Waals surface area contributed by atoms with E-state index in [-0.39, 0.29) is 5.91 Å². The first-order valence-corrected chi connectivity index (χ1v) is 7.17. The second kappa shape index (κ2) is 5.93. The van der Waals surface area contributed by atoms with Crippen LogP contribution in [-0.4, -0.2) is 18.0 Å². The molecule has 0 unspecified atom stereocenters. The van der Waals surface area contributed by atoms with E-state index in [4.69, 9.17) is 4.74 Å². The number of methoxy groups -OCH3 is 1. The van der Waals surface area contributed by atoms with Gasteiger partial charge in [0.05, 0.1) is 12.7 Å². The highest BCUT2D eigenvalue weighted by Crippen LogP contribution is 2.23. The number of nitrogens with one attached hydrogen (secondary N) is 2. The van der Waals surface area contributed by atoms with Crippen LogP contribution in [0.4, 0.5) is 0 Å². The summed E-state index contributed by atoms with van der Waals surface area (Å²) in [5.74, 6) is 0.681. The normalized spacial score (nSPS) is 10.6. The van der Waals surface area contributed by atoms with Crippen LogP contribution in [0.15, 0.2) is 48.7 Å². The van der Waals surface area contributed by atoms with Crippen molar-refractivity contribution >= 4 is 16.8 Å². The van der Waals surface area contributed by atoms with Gasteiger partial charge in [-0.1, -0.05) is 24.3 Å². The van der Waals surface area contributed by atoms with Crippen molar-refractivity contribution in [3.8, 4) is 5.75 Å². The number of fused-ring (bicyclic) bond motifs is 1. The van der Waals surface area contributed by atoms with E-state index in [2.05, 4.69) is 10.3 Å². The number of ether oxygens (including phenoxy) is 1. The van der Waals surface area contributed by atoms with E-state index in [0.717, 1.165) is 22.2 Å². The molecule has 0 saturated heterocycles. The summed E-state index contributed by atoms with van der Waals surface area (Å²) >= 11 is 0. The van der Waals surface area contributed by atoms with Gasteiger partial charge >= 0.3 is 0 Å². The average Bonchev–Trinajstić information content (AvgIpc) is 2.96. The second-order valence-corrected chi connectivity index (χ2v) is 5.22. The Morgan fingerprint density at radius 3 is 2.82 bits per heavy atom. The summed E-state index contributed by atoms with van der Waals surface area (Å²) in [5, 5.41) is 3.86. The number of amides is 1. The second-order valence-electron chi connectivity index (χ2n) is 5.22. The van der Waals surface area contributed by atoms with Crippen LogP contribution >= 0.6 is 0 Å². The highest BCUT2D eigenvalue weighted by molar-refractivity contribution is 6.06. The molecule has 2 aromatic carbocycles. The largest absolute Gasteiger partial charge is 0.497 e. The molecule has 0 saturated carbocycles. The highest BCUT2D eigenvalue weighted by atomic mass is 16.5. The number of aromatic amines is 1. The number of hydrogen-bond donors (Lipinski definition) is 2. The maximum Gasteiger partial charge on any atom is 0.253 e. The monoisotopic (exact) mass is 294 g/mol. The fraction of sp³-hybridized carbons (Fsp3) is 0.167. The number of aromatic nitrogens is 1. The molecule has 4 nitrogen and oxygen atoms in total. The molecule has 0 aliphatic heterocycles. The summed E-state index contributed by atoms with van der Waals surface area (Å²) in [6.07, 6.45) is 1.73. The lowest BCUT2D eigenvalue weighted by atomic mass is 10.1. The first kappa shape index (κ1) is 14.2. The number of aryl methyl sites for hydroxylation is 1. The summed E-state index contributed by atoms with van der Waals surface area (Å²) in [7, 11) is 1.62. The Morgan fingerprint density at radius 1 is 1.23 bits per heavy atom. The van der Waals surface area contributed by atoms with Crippen LogP contribution in [0.3, 0.4) is 0 Å². The Morgan fingerprint density at radius 2 is 2.05 bits per heavy atom. The molecule has 1 heterocycles. The zero-order valence-electron chi connectivity index (χ0n) is 12.6. The topological polar surface area (TPSA) is 54.1 Å². The smallest absolute Gasteiger partial charge is 0.253 e. The van der Waals surface area contributed by atoms with Gasteiger partial charge in [0.2, 0.25) is 0 Å². The minimum atomic E-state index is -0.0836. The van der Waals surface area contributed by atoms with Crippen molar-refractivity contribution in [1.82, 2.24) is 10.3 Å². The Balaban J connectivity index is 1.79. The van der Waals surface area contributed by atoms with Crippen molar-refractivity contribution in [2.45, 2.75) is 13.5 Å². The molecule has 1 aromatic heterocycles. The lowest BCUT2D eigenvalue weighted by Gasteiger charge is -2.07. The number of carbonyl (C=O) groups excluding carboxylic acids is 1. The molecule has 0 fully saturated rings. The molecule has 0 bridgehead atoms. The van der Waals surface area contributed by atoms with Crippen LogP contribution in [0.25, 0.3) is 10.9 Å². The minimum absolute atomic E-state index is 0.0836. The molecule has 3 aromatic rings. The molecule has 4 heteroatoms. The summed E-state index contributed by atoms with van der Waals surface area (Å²) in [6.45, 7) is 2.56. The summed E-state index contributed by atoms with van der Waals surface area (Å²) in [4.78, 5) is 15.5. The number of rotatable bonds is 4. The third-order valence-electron chi connectivity index (χ3n) is 3.83. The van der Waals surface area contributed by atoms with Crippen LogP contribution in [0, 0.1) is 6.92 Å². The molecule has 112 valence electrons. The van der Waals surface area contributed by atoms with Crippen molar-refractivity contribution in [2.24, 2.45) is 0 Å². The van der Waals surface area contributed by atoms with E-state index < -0.39 is 0 Å². The van der Waals surface area contributed by atoms with E-state index in [9.17, 15) is 4.79 Å². The van der Waals surface area contributed by atoms with Crippen molar-refractivity contribution < 1.29 is 9.53 Å². The third kappa shape index (κ3) is 2.68. The quantitative estimate of drug-likeness (QED) is 0.774. The van der Waals surface area contributed by atoms with Crippen LogP contribution < -0.4 is 10.1 Å². The molecule has 1 amide bonds. The lowest BCUT2D eigenvalue weighted by Crippen LogP contribution is -2.22. The number of carbonyl (C=O) groups is 1. The minimum Gasteiger partial charge on any atom is -0.497 e. The zero-order valence-corrected chi connectivity index (χ0v) is 12.6.